The number of halogens is 1. The van der Waals surface area contributed by atoms with Crippen molar-refractivity contribution in [3.63, 3.8) is 0 Å². The zero-order valence-electron chi connectivity index (χ0n) is 8.89. The zero-order chi connectivity index (χ0) is 11.1. The molecule has 0 bridgehead atoms. The number of aromatic hydroxyl groups is 1. The van der Waals surface area contributed by atoms with E-state index in [0.717, 1.165) is 36.8 Å². The molecule has 0 heterocycles. The summed E-state index contributed by atoms with van der Waals surface area (Å²) in [7, 11) is 0. The van der Waals surface area contributed by atoms with Gasteiger partial charge in [-0.2, -0.15) is 0 Å². The van der Waals surface area contributed by atoms with E-state index in [9.17, 15) is 5.11 Å². The fourth-order valence-corrected chi connectivity index (χ4v) is 2.46. The van der Waals surface area contributed by atoms with E-state index < -0.39 is 0 Å². The molecule has 0 saturated heterocycles. The van der Waals surface area contributed by atoms with E-state index in [-0.39, 0.29) is 11.3 Å². The molecule has 3 heteroatoms. The first kappa shape index (κ1) is 10.8. The van der Waals surface area contributed by atoms with Crippen molar-refractivity contribution in [3.8, 4) is 5.75 Å². The lowest BCUT2D eigenvalue weighted by Gasteiger charge is -2.25. The van der Waals surface area contributed by atoms with Crippen molar-refractivity contribution in [1.82, 2.24) is 0 Å². The van der Waals surface area contributed by atoms with Crippen LogP contribution in [0.4, 0.5) is 0 Å². The van der Waals surface area contributed by atoms with Gasteiger partial charge in [0.15, 0.2) is 0 Å². The molecule has 0 aromatic heterocycles. The van der Waals surface area contributed by atoms with Crippen molar-refractivity contribution in [3.05, 3.63) is 28.3 Å². The van der Waals surface area contributed by atoms with Crippen LogP contribution in [0.1, 0.15) is 36.8 Å². The largest absolute Gasteiger partial charge is 0.508 e. The predicted molar refractivity (Wildman–Crippen MR) is 62.2 cm³/mol. The van der Waals surface area contributed by atoms with E-state index in [1.165, 1.54) is 0 Å². The maximum Gasteiger partial charge on any atom is 0.120 e. The van der Waals surface area contributed by atoms with Crippen molar-refractivity contribution in [2.75, 3.05) is 0 Å². The number of hydrogen-bond acceptors (Lipinski definition) is 2. The van der Waals surface area contributed by atoms with Gasteiger partial charge in [0.05, 0.1) is 0 Å². The second-order valence-corrected chi connectivity index (χ2v) is 4.87. The molecule has 1 aliphatic rings. The molecule has 0 atom stereocenters. The van der Waals surface area contributed by atoms with Crippen LogP contribution in [0.15, 0.2) is 12.1 Å². The fourth-order valence-electron chi connectivity index (χ4n) is 2.25. The minimum atomic E-state index is -0.283. The molecule has 0 unspecified atom stereocenters. The normalized spacial score (nSPS) is 19.4. The molecular formula is C12H16ClNO. The van der Waals surface area contributed by atoms with Gasteiger partial charge in [-0.1, -0.05) is 24.4 Å². The summed E-state index contributed by atoms with van der Waals surface area (Å²) in [6.45, 7) is 1.80. The fraction of sp³-hybridized carbons (Fsp3) is 0.500. The molecule has 0 radical (unpaired) electrons. The molecule has 1 aromatic rings. The van der Waals surface area contributed by atoms with Gasteiger partial charge < -0.3 is 10.8 Å². The van der Waals surface area contributed by atoms with E-state index >= 15 is 0 Å². The lowest BCUT2D eigenvalue weighted by molar-refractivity contribution is 0.445. The third-order valence-corrected chi connectivity index (χ3v) is 3.78. The summed E-state index contributed by atoms with van der Waals surface area (Å²) < 4.78 is 0. The monoisotopic (exact) mass is 225 g/mol. The minimum absolute atomic E-state index is 0.245. The SMILES string of the molecule is Cc1c(O)cc(C2(N)CCCC2)cc1Cl. The highest BCUT2D eigenvalue weighted by atomic mass is 35.5. The summed E-state index contributed by atoms with van der Waals surface area (Å²) in [5, 5.41) is 10.3. The summed E-state index contributed by atoms with van der Waals surface area (Å²) in [6.07, 6.45) is 4.27. The molecule has 1 saturated carbocycles. The second kappa shape index (κ2) is 3.69. The molecule has 2 nitrogen and oxygen atoms in total. The molecule has 15 heavy (non-hydrogen) atoms. The van der Waals surface area contributed by atoms with Gasteiger partial charge in [-0.25, -0.2) is 0 Å². The Morgan fingerprint density at radius 1 is 1.33 bits per heavy atom. The van der Waals surface area contributed by atoms with Crippen LogP contribution in [0.5, 0.6) is 5.75 Å². The Kier molecular flexibility index (Phi) is 2.65. The maximum atomic E-state index is 9.72. The average Bonchev–Trinajstić information content (AvgIpc) is 2.62. The standard InChI is InChI=1S/C12H16ClNO/c1-8-10(13)6-9(7-11(8)15)12(14)4-2-3-5-12/h6-7,15H,2-5,14H2,1H3. The zero-order valence-corrected chi connectivity index (χ0v) is 9.64. The Morgan fingerprint density at radius 3 is 2.47 bits per heavy atom. The summed E-state index contributed by atoms with van der Waals surface area (Å²) in [4.78, 5) is 0. The number of hydrogen-bond donors (Lipinski definition) is 2. The Bertz CT molecular complexity index is 360. The van der Waals surface area contributed by atoms with E-state index in [1.807, 2.05) is 6.07 Å². The molecular weight excluding hydrogens is 210 g/mol. The molecule has 3 N–H and O–H groups in total. The van der Waals surface area contributed by atoms with Gasteiger partial charge in [0.1, 0.15) is 5.75 Å². The highest BCUT2D eigenvalue weighted by molar-refractivity contribution is 6.31. The van der Waals surface area contributed by atoms with Crippen LogP contribution in [-0.4, -0.2) is 5.11 Å². The van der Waals surface area contributed by atoms with Gasteiger partial charge in [0.25, 0.3) is 0 Å². The minimum Gasteiger partial charge on any atom is -0.508 e. The number of nitrogens with two attached hydrogens (primary N) is 1. The number of benzene rings is 1. The molecule has 1 aliphatic carbocycles. The van der Waals surface area contributed by atoms with Crippen LogP contribution < -0.4 is 5.73 Å². The summed E-state index contributed by atoms with van der Waals surface area (Å²) >= 11 is 6.04. The van der Waals surface area contributed by atoms with Gasteiger partial charge in [-0.05, 0) is 37.5 Å². The molecule has 0 spiro atoms. The van der Waals surface area contributed by atoms with E-state index in [2.05, 4.69) is 0 Å². The van der Waals surface area contributed by atoms with Crippen molar-refractivity contribution in [2.45, 2.75) is 38.1 Å². The lowest BCUT2D eigenvalue weighted by atomic mass is 9.88. The molecule has 2 rings (SSSR count). The van der Waals surface area contributed by atoms with Gasteiger partial charge in [-0.15, -0.1) is 0 Å². The second-order valence-electron chi connectivity index (χ2n) is 4.47. The predicted octanol–water partition coefficient (Wildman–Crippen LogP) is 3.08. The van der Waals surface area contributed by atoms with E-state index in [1.54, 1.807) is 13.0 Å². The average molecular weight is 226 g/mol. The maximum absolute atomic E-state index is 9.72. The van der Waals surface area contributed by atoms with Gasteiger partial charge in [0.2, 0.25) is 0 Å². The summed E-state index contributed by atoms with van der Waals surface area (Å²) in [6, 6.07) is 3.65. The van der Waals surface area contributed by atoms with Crippen LogP contribution in [0.2, 0.25) is 5.02 Å². The Balaban J connectivity index is 2.45. The smallest absolute Gasteiger partial charge is 0.120 e. The molecule has 0 amide bonds. The highest BCUT2D eigenvalue weighted by Crippen LogP contribution is 2.39. The Morgan fingerprint density at radius 2 is 1.93 bits per heavy atom. The molecule has 0 aliphatic heterocycles. The Hall–Kier alpha value is -0.730. The van der Waals surface area contributed by atoms with Crippen molar-refractivity contribution in [2.24, 2.45) is 5.73 Å². The molecule has 1 fully saturated rings. The quantitative estimate of drug-likeness (QED) is 0.772. The summed E-state index contributed by atoms with van der Waals surface area (Å²) in [5.41, 5.74) is 7.71. The molecule has 82 valence electrons. The third kappa shape index (κ3) is 1.84. The van der Waals surface area contributed by atoms with E-state index in [4.69, 9.17) is 17.3 Å². The van der Waals surface area contributed by atoms with Crippen LogP contribution in [0.3, 0.4) is 0 Å². The third-order valence-electron chi connectivity index (χ3n) is 3.39. The van der Waals surface area contributed by atoms with Crippen molar-refractivity contribution >= 4 is 11.6 Å². The lowest BCUT2D eigenvalue weighted by Crippen LogP contribution is -2.33. The summed E-state index contributed by atoms with van der Waals surface area (Å²) in [5.74, 6) is 0.245. The first-order valence-electron chi connectivity index (χ1n) is 5.31. The van der Waals surface area contributed by atoms with Crippen molar-refractivity contribution in [1.29, 1.82) is 0 Å². The first-order valence-corrected chi connectivity index (χ1v) is 5.69. The topological polar surface area (TPSA) is 46.2 Å². The highest BCUT2D eigenvalue weighted by Gasteiger charge is 2.31. The first-order chi connectivity index (χ1) is 7.03. The van der Waals surface area contributed by atoms with Crippen molar-refractivity contribution < 1.29 is 5.11 Å². The van der Waals surface area contributed by atoms with Gasteiger partial charge in [-0.3, -0.25) is 0 Å². The van der Waals surface area contributed by atoms with Crippen LogP contribution in [0, 0.1) is 6.92 Å². The molecule has 1 aromatic carbocycles. The number of rotatable bonds is 1. The van der Waals surface area contributed by atoms with E-state index in [0.29, 0.717) is 5.02 Å². The van der Waals surface area contributed by atoms with Gasteiger partial charge >= 0.3 is 0 Å². The van der Waals surface area contributed by atoms with Crippen LogP contribution in [0.25, 0.3) is 0 Å². The van der Waals surface area contributed by atoms with Crippen LogP contribution in [-0.2, 0) is 5.54 Å². The number of phenols is 1. The van der Waals surface area contributed by atoms with Gasteiger partial charge in [0, 0.05) is 16.1 Å². The number of phenolic OH excluding ortho intramolecular Hbond substituents is 1. The van der Waals surface area contributed by atoms with Crippen LogP contribution >= 0.6 is 11.6 Å². The Labute approximate surface area is 95.1 Å².